The Labute approximate surface area is 101 Å². The summed E-state index contributed by atoms with van der Waals surface area (Å²) in [7, 11) is 1.79. The first-order valence-electron chi connectivity index (χ1n) is 5.23. The van der Waals surface area contributed by atoms with Gasteiger partial charge in [-0.15, -0.1) is 0 Å². The number of carboxylic acids is 1. The number of rotatable bonds is 2. The second-order valence-electron chi connectivity index (χ2n) is 3.81. The first-order chi connectivity index (χ1) is 8.65. The van der Waals surface area contributed by atoms with Gasteiger partial charge in [-0.3, -0.25) is 4.68 Å². The molecule has 1 N–H and O–H groups in total. The lowest BCUT2D eigenvalue weighted by Crippen LogP contribution is -2.08. The molecule has 0 unspecified atom stereocenters. The molecule has 3 heterocycles. The summed E-state index contributed by atoms with van der Waals surface area (Å²) in [5, 5.41) is 17.3. The largest absolute Gasteiger partial charge is 0.477 e. The van der Waals surface area contributed by atoms with E-state index in [0.29, 0.717) is 17.0 Å². The summed E-state index contributed by atoms with van der Waals surface area (Å²) in [4.78, 5) is 15.5. The molecular weight excluding hydrogens is 234 g/mol. The standard InChI is InChI=1S/C11H9N5O2/c1-15-5-3-7(14-15)8-6-9(11(17)18)16-10(13-8)2-4-12-16/h2-6H,1H3,(H,17,18). The van der Waals surface area contributed by atoms with Crippen LogP contribution in [0.2, 0.25) is 0 Å². The van der Waals surface area contributed by atoms with Crippen molar-refractivity contribution in [3.8, 4) is 11.4 Å². The fourth-order valence-corrected chi connectivity index (χ4v) is 1.75. The van der Waals surface area contributed by atoms with Crippen LogP contribution in [0.25, 0.3) is 17.0 Å². The number of aromatic nitrogens is 5. The maximum Gasteiger partial charge on any atom is 0.354 e. The van der Waals surface area contributed by atoms with Crippen molar-refractivity contribution in [2.75, 3.05) is 0 Å². The molecule has 3 aromatic heterocycles. The molecule has 0 atom stereocenters. The van der Waals surface area contributed by atoms with Crippen LogP contribution in [0.4, 0.5) is 0 Å². The van der Waals surface area contributed by atoms with E-state index in [1.165, 1.54) is 16.8 Å². The maximum absolute atomic E-state index is 11.2. The molecular formula is C11H9N5O2. The molecule has 0 saturated heterocycles. The van der Waals surface area contributed by atoms with Gasteiger partial charge in [0, 0.05) is 19.3 Å². The molecule has 3 rings (SSSR count). The van der Waals surface area contributed by atoms with E-state index in [2.05, 4.69) is 15.2 Å². The molecule has 90 valence electrons. The van der Waals surface area contributed by atoms with Gasteiger partial charge in [-0.05, 0) is 12.1 Å². The molecule has 18 heavy (non-hydrogen) atoms. The lowest BCUT2D eigenvalue weighted by Gasteiger charge is -2.02. The van der Waals surface area contributed by atoms with Crippen LogP contribution in [-0.4, -0.2) is 35.5 Å². The van der Waals surface area contributed by atoms with Crippen LogP contribution in [0.3, 0.4) is 0 Å². The van der Waals surface area contributed by atoms with E-state index in [0.717, 1.165) is 0 Å². The summed E-state index contributed by atoms with van der Waals surface area (Å²) in [6.07, 6.45) is 3.29. The van der Waals surface area contributed by atoms with Gasteiger partial charge >= 0.3 is 5.97 Å². The topological polar surface area (TPSA) is 85.3 Å². The minimum Gasteiger partial charge on any atom is -0.477 e. The molecule has 0 saturated carbocycles. The first kappa shape index (κ1) is 10.5. The lowest BCUT2D eigenvalue weighted by atomic mass is 10.2. The van der Waals surface area contributed by atoms with E-state index >= 15 is 0 Å². The fourth-order valence-electron chi connectivity index (χ4n) is 1.75. The van der Waals surface area contributed by atoms with Gasteiger partial charge < -0.3 is 5.11 Å². The fraction of sp³-hybridized carbons (Fsp3) is 0.0909. The van der Waals surface area contributed by atoms with Crippen LogP contribution in [0.5, 0.6) is 0 Å². The van der Waals surface area contributed by atoms with Gasteiger partial charge in [0.2, 0.25) is 0 Å². The number of hydrogen-bond acceptors (Lipinski definition) is 4. The van der Waals surface area contributed by atoms with E-state index in [1.807, 2.05) is 0 Å². The smallest absolute Gasteiger partial charge is 0.354 e. The van der Waals surface area contributed by atoms with E-state index < -0.39 is 5.97 Å². The van der Waals surface area contributed by atoms with Crippen molar-refractivity contribution in [3.63, 3.8) is 0 Å². The van der Waals surface area contributed by atoms with Crippen molar-refractivity contribution < 1.29 is 9.90 Å². The van der Waals surface area contributed by atoms with Crippen molar-refractivity contribution in [1.29, 1.82) is 0 Å². The summed E-state index contributed by atoms with van der Waals surface area (Å²) in [6.45, 7) is 0. The number of hydrogen-bond donors (Lipinski definition) is 1. The van der Waals surface area contributed by atoms with Gasteiger partial charge in [-0.1, -0.05) is 0 Å². The Balaban J connectivity index is 2.27. The highest BCUT2D eigenvalue weighted by Gasteiger charge is 2.14. The molecule has 0 spiro atoms. The van der Waals surface area contributed by atoms with Crippen molar-refractivity contribution in [1.82, 2.24) is 24.4 Å². The molecule has 0 fully saturated rings. The van der Waals surface area contributed by atoms with Crippen molar-refractivity contribution >= 4 is 11.6 Å². The van der Waals surface area contributed by atoms with Crippen LogP contribution in [-0.2, 0) is 7.05 Å². The molecule has 0 aliphatic heterocycles. The Morgan fingerprint density at radius 3 is 2.83 bits per heavy atom. The predicted octanol–water partition coefficient (Wildman–Crippen LogP) is 0.828. The van der Waals surface area contributed by atoms with Crippen LogP contribution in [0, 0.1) is 0 Å². The van der Waals surface area contributed by atoms with Gasteiger partial charge in [-0.25, -0.2) is 14.3 Å². The quantitative estimate of drug-likeness (QED) is 0.720. The second kappa shape index (κ2) is 3.66. The molecule has 3 aromatic rings. The minimum absolute atomic E-state index is 0.0608. The molecule has 0 aliphatic rings. The third kappa shape index (κ3) is 1.53. The highest BCUT2D eigenvalue weighted by atomic mass is 16.4. The Hall–Kier alpha value is -2.70. The van der Waals surface area contributed by atoms with Crippen LogP contribution < -0.4 is 0 Å². The zero-order chi connectivity index (χ0) is 12.7. The number of carboxylic acid groups (broad SMARTS) is 1. The lowest BCUT2D eigenvalue weighted by molar-refractivity contribution is 0.0687. The van der Waals surface area contributed by atoms with Gasteiger partial charge in [0.25, 0.3) is 0 Å². The molecule has 0 aromatic carbocycles. The van der Waals surface area contributed by atoms with Crippen molar-refractivity contribution in [2.45, 2.75) is 0 Å². The van der Waals surface area contributed by atoms with Gasteiger partial charge in [0.1, 0.15) is 5.69 Å². The number of aromatic carboxylic acids is 1. The van der Waals surface area contributed by atoms with Gasteiger partial charge in [0.15, 0.2) is 11.3 Å². The van der Waals surface area contributed by atoms with Crippen LogP contribution >= 0.6 is 0 Å². The number of aryl methyl sites for hydroxylation is 1. The summed E-state index contributed by atoms with van der Waals surface area (Å²) in [5.41, 5.74) is 1.69. The highest BCUT2D eigenvalue weighted by molar-refractivity contribution is 5.87. The second-order valence-corrected chi connectivity index (χ2v) is 3.81. The zero-order valence-electron chi connectivity index (χ0n) is 9.48. The minimum atomic E-state index is -1.05. The normalized spacial score (nSPS) is 10.9. The molecule has 0 radical (unpaired) electrons. The van der Waals surface area contributed by atoms with Crippen LogP contribution in [0.15, 0.2) is 30.6 Å². The Morgan fingerprint density at radius 1 is 1.33 bits per heavy atom. The molecule has 7 nitrogen and oxygen atoms in total. The van der Waals surface area contributed by atoms with Gasteiger partial charge in [-0.2, -0.15) is 10.2 Å². The average Bonchev–Trinajstić information content (AvgIpc) is 2.95. The Morgan fingerprint density at radius 2 is 2.17 bits per heavy atom. The number of nitrogens with zero attached hydrogens (tertiary/aromatic N) is 5. The monoisotopic (exact) mass is 243 g/mol. The number of fused-ring (bicyclic) bond motifs is 1. The Bertz CT molecular complexity index is 743. The molecule has 0 amide bonds. The summed E-state index contributed by atoms with van der Waals surface area (Å²) >= 11 is 0. The van der Waals surface area contributed by atoms with E-state index in [4.69, 9.17) is 5.11 Å². The zero-order valence-corrected chi connectivity index (χ0v) is 9.48. The average molecular weight is 243 g/mol. The van der Waals surface area contributed by atoms with Gasteiger partial charge in [0.05, 0.1) is 11.9 Å². The molecule has 0 aliphatic carbocycles. The summed E-state index contributed by atoms with van der Waals surface area (Å²) < 4.78 is 2.92. The maximum atomic E-state index is 11.2. The highest BCUT2D eigenvalue weighted by Crippen LogP contribution is 2.17. The summed E-state index contributed by atoms with van der Waals surface area (Å²) in [5.74, 6) is -1.05. The van der Waals surface area contributed by atoms with E-state index in [1.54, 1.807) is 30.1 Å². The van der Waals surface area contributed by atoms with Crippen LogP contribution in [0.1, 0.15) is 10.5 Å². The first-order valence-corrected chi connectivity index (χ1v) is 5.23. The number of carbonyl (C=O) groups is 1. The van der Waals surface area contributed by atoms with Crippen molar-refractivity contribution in [3.05, 3.63) is 36.3 Å². The SMILES string of the molecule is Cn1ccc(-c2cc(C(=O)O)n3nccc3n2)n1. The predicted molar refractivity (Wildman–Crippen MR) is 62.1 cm³/mol. The third-order valence-electron chi connectivity index (χ3n) is 2.55. The molecule has 0 bridgehead atoms. The third-order valence-corrected chi connectivity index (χ3v) is 2.55. The van der Waals surface area contributed by atoms with E-state index in [9.17, 15) is 4.79 Å². The van der Waals surface area contributed by atoms with E-state index in [-0.39, 0.29) is 5.69 Å². The summed E-state index contributed by atoms with van der Waals surface area (Å²) in [6, 6.07) is 4.89. The van der Waals surface area contributed by atoms with Crippen molar-refractivity contribution in [2.24, 2.45) is 7.05 Å². The Kier molecular flexibility index (Phi) is 2.12. The molecule has 7 heteroatoms.